The third-order valence-corrected chi connectivity index (χ3v) is 2.72. The summed E-state index contributed by atoms with van der Waals surface area (Å²) in [5, 5.41) is 3.12. The van der Waals surface area contributed by atoms with Crippen molar-refractivity contribution in [3.8, 4) is 0 Å². The van der Waals surface area contributed by atoms with Gasteiger partial charge in [0.2, 0.25) is 0 Å². The smallest absolute Gasteiger partial charge is 0.146 e. The zero-order valence-corrected chi connectivity index (χ0v) is 10.3. The summed E-state index contributed by atoms with van der Waals surface area (Å²) in [6.45, 7) is 9.22. The van der Waals surface area contributed by atoms with Crippen molar-refractivity contribution >= 4 is 5.69 Å². The maximum atomic E-state index is 13.3. The highest BCUT2D eigenvalue weighted by atomic mass is 19.1. The van der Waals surface area contributed by atoms with Gasteiger partial charge in [-0.25, -0.2) is 4.39 Å². The minimum atomic E-state index is -0.185. The van der Waals surface area contributed by atoms with E-state index in [0.717, 1.165) is 19.6 Å². The van der Waals surface area contributed by atoms with Crippen LogP contribution < -0.4 is 5.32 Å². The second-order valence-electron chi connectivity index (χ2n) is 4.13. The van der Waals surface area contributed by atoms with Crippen LogP contribution in [0, 0.1) is 5.82 Å². The van der Waals surface area contributed by atoms with E-state index in [-0.39, 0.29) is 5.82 Å². The first kappa shape index (κ1) is 13.0. The first-order valence-electron chi connectivity index (χ1n) is 5.87. The Labute approximate surface area is 97.5 Å². The van der Waals surface area contributed by atoms with E-state index in [4.69, 9.17) is 0 Å². The van der Waals surface area contributed by atoms with E-state index in [1.54, 1.807) is 12.1 Å². The van der Waals surface area contributed by atoms with Crippen LogP contribution in [0.25, 0.3) is 0 Å². The molecule has 0 saturated carbocycles. The van der Waals surface area contributed by atoms with E-state index in [2.05, 4.69) is 31.0 Å². The second-order valence-corrected chi connectivity index (χ2v) is 4.13. The monoisotopic (exact) mass is 224 g/mol. The van der Waals surface area contributed by atoms with Crippen molar-refractivity contribution in [2.24, 2.45) is 0 Å². The van der Waals surface area contributed by atoms with Crippen LogP contribution in [0.5, 0.6) is 0 Å². The van der Waals surface area contributed by atoms with Crippen molar-refractivity contribution in [3.05, 3.63) is 30.1 Å². The molecule has 0 amide bonds. The average Bonchev–Trinajstić information content (AvgIpc) is 2.26. The lowest BCUT2D eigenvalue weighted by Gasteiger charge is -2.24. The summed E-state index contributed by atoms with van der Waals surface area (Å²) in [5.74, 6) is -0.185. The number of rotatable bonds is 6. The molecule has 0 bridgehead atoms. The fourth-order valence-corrected chi connectivity index (χ4v) is 1.72. The molecule has 0 atom stereocenters. The highest BCUT2D eigenvalue weighted by Gasteiger charge is 2.06. The molecule has 2 nitrogen and oxygen atoms in total. The third-order valence-electron chi connectivity index (χ3n) is 2.72. The molecule has 0 aliphatic carbocycles. The van der Waals surface area contributed by atoms with E-state index in [1.165, 1.54) is 6.07 Å². The fourth-order valence-electron chi connectivity index (χ4n) is 1.72. The van der Waals surface area contributed by atoms with Gasteiger partial charge >= 0.3 is 0 Å². The standard InChI is InChI=1S/C13H21FN2/c1-4-16(11(2)3)10-9-15-13-8-6-5-7-12(13)14/h5-8,11,15H,4,9-10H2,1-3H3. The Bertz CT molecular complexity index is 313. The summed E-state index contributed by atoms with van der Waals surface area (Å²) in [6.07, 6.45) is 0. The van der Waals surface area contributed by atoms with Gasteiger partial charge in [0.05, 0.1) is 5.69 Å². The zero-order chi connectivity index (χ0) is 12.0. The summed E-state index contributed by atoms with van der Waals surface area (Å²) < 4.78 is 13.3. The van der Waals surface area contributed by atoms with E-state index in [0.29, 0.717) is 11.7 Å². The molecule has 0 spiro atoms. The normalized spacial score (nSPS) is 11.1. The number of para-hydroxylation sites is 1. The highest BCUT2D eigenvalue weighted by molar-refractivity contribution is 5.44. The highest BCUT2D eigenvalue weighted by Crippen LogP contribution is 2.11. The van der Waals surface area contributed by atoms with Gasteiger partial charge in [-0.15, -0.1) is 0 Å². The largest absolute Gasteiger partial charge is 0.381 e. The van der Waals surface area contributed by atoms with E-state index < -0.39 is 0 Å². The van der Waals surface area contributed by atoms with Gasteiger partial charge in [0.15, 0.2) is 0 Å². The first-order valence-corrected chi connectivity index (χ1v) is 5.87. The number of likely N-dealkylation sites (N-methyl/N-ethyl adjacent to an activating group) is 1. The number of hydrogen-bond donors (Lipinski definition) is 1. The number of nitrogens with one attached hydrogen (secondary N) is 1. The molecule has 1 aromatic rings. The summed E-state index contributed by atoms with van der Waals surface area (Å²) in [4.78, 5) is 2.34. The van der Waals surface area contributed by atoms with Crippen molar-refractivity contribution in [3.63, 3.8) is 0 Å². The molecule has 0 aliphatic heterocycles. The van der Waals surface area contributed by atoms with Gasteiger partial charge in [0.25, 0.3) is 0 Å². The summed E-state index contributed by atoms with van der Waals surface area (Å²) >= 11 is 0. The Balaban J connectivity index is 2.38. The van der Waals surface area contributed by atoms with Crippen LogP contribution in [0.3, 0.4) is 0 Å². The van der Waals surface area contributed by atoms with Crippen molar-refractivity contribution in [1.82, 2.24) is 4.90 Å². The minimum absolute atomic E-state index is 0.185. The number of anilines is 1. The third kappa shape index (κ3) is 3.81. The van der Waals surface area contributed by atoms with Gasteiger partial charge in [-0.3, -0.25) is 4.90 Å². The van der Waals surface area contributed by atoms with Crippen LogP contribution >= 0.6 is 0 Å². The molecule has 0 radical (unpaired) electrons. The number of halogens is 1. The lowest BCUT2D eigenvalue weighted by molar-refractivity contribution is 0.243. The summed E-state index contributed by atoms with van der Waals surface area (Å²) in [5.41, 5.74) is 0.585. The van der Waals surface area contributed by atoms with Crippen LogP contribution in [0.15, 0.2) is 24.3 Å². The van der Waals surface area contributed by atoms with Gasteiger partial charge in [-0.2, -0.15) is 0 Å². The predicted molar refractivity (Wildman–Crippen MR) is 67.3 cm³/mol. The molecular formula is C13H21FN2. The molecule has 0 fully saturated rings. The summed E-state index contributed by atoms with van der Waals surface area (Å²) in [7, 11) is 0. The Morgan fingerprint density at radius 1 is 1.31 bits per heavy atom. The van der Waals surface area contributed by atoms with Gasteiger partial charge in [0.1, 0.15) is 5.82 Å². The molecule has 1 N–H and O–H groups in total. The Hall–Kier alpha value is -1.09. The van der Waals surface area contributed by atoms with Gasteiger partial charge < -0.3 is 5.32 Å². The Morgan fingerprint density at radius 2 is 2.00 bits per heavy atom. The van der Waals surface area contributed by atoms with Crippen molar-refractivity contribution in [1.29, 1.82) is 0 Å². The van der Waals surface area contributed by atoms with Crippen LogP contribution in [0.4, 0.5) is 10.1 Å². The van der Waals surface area contributed by atoms with Crippen molar-refractivity contribution in [2.45, 2.75) is 26.8 Å². The van der Waals surface area contributed by atoms with Gasteiger partial charge in [0, 0.05) is 19.1 Å². The first-order chi connectivity index (χ1) is 7.65. The predicted octanol–water partition coefficient (Wildman–Crippen LogP) is 2.97. The van der Waals surface area contributed by atoms with Gasteiger partial charge in [-0.1, -0.05) is 19.1 Å². The number of nitrogens with zero attached hydrogens (tertiary/aromatic N) is 1. The van der Waals surface area contributed by atoms with Crippen LogP contribution in [0.2, 0.25) is 0 Å². The maximum absolute atomic E-state index is 13.3. The average molecular weight is 224 g/mol. The van der Waals surface area contributed by atoms with Gasteiger partial charge in [-0.05, 0) is 32.5 Å². The molecule has 16 heavy (non-hydrogen) atoms. The van der Waals surface area contributed by atoms with E-state index >= 15 is 0 Å². The fraction of sp³-hybridized carbons (Fsp3) is 0.538. The SMILES string of the molecule is CCN(CCNc1ccccc1F)C(C)C. The quantitative estimate of drug-likeness (QED) is 0.799. The molecule has 0 saturated heterocycles. The lowest BCUT2D eigenvalue weighted by atomic mass is 10.3. The Kier molecular flexibility index (Phi) is 5.26. The Morgan fingerprint density at radius 3 is 2.56 bits per heavy atom. The molecule has 3 heteroatoms. The molecule has 0 aromatic heterocycles. The molecule has 0 aliphatic rings. The number of benzene rings is 1. The molecule has 1 aromatic carbocycles. The van der Waals surface area contributed by atoms with E-state index in [9.17, 15) is 4.39 Å². The minimum Gasteiger partial charge on any atom is -0.381 e. The zero-order valence-electron chi connectivity index (χ0n) is 10.3. The molecule has 90 valence electrons. The van der Waals surface area contributed by atoms with E-state index in [1.807, 2.05) is 6.07 Å². The molecular weight excluding hydrogens is 203 g/mol. The lowest BCUT2D eigenvalue weighted by Crippen LogP contribution is -2.34. The summed E-state index contributed by atoms with van der Waals surface area (Å²) in [6, 6.07) is 7.31. The number of hydrogen-bond acceptors (Lipinski definition) is 2. The second kappa shape index (κ2) is 6.48. The molecule has 1 rings (SSSR count). The van der Waals surface area contributed by atoms with Crippen molar-refractivity contribution in [2.75, 3.05) is 25.0 Å². The maximum Gasteiger partial charge on any atom is 0.146 e. The van der Waals surface area contributed by atoms with Crippen LogP contribution in [0.1, 0.15) is 20.8 Å². The molecule has 0 unspecified atom stereocenters. The molecule has 0 heterocycles. The topological polar surface area (TPSA) is 15.3 Å². The van der Waals surface area contributed by atoms with Crippen LogP contribution in [-0.4, -0.2) is 30.6 Å². The van der Waals surface area contributed by atoms with Crippen LogP contribution in [-0.2, 0) is 0 Å². The van der Waals surface area contributed by atoms with Crippen molar-refractivity contribution < 1.29 is 4.39 Å².